The van der Waals surface area contributed by atoms with Crippen LogP contribution in [0.2, 0.25) is 0 Å². The Morgan fingerprint density at radius 1 is 1.33 bits per heavy atom. The molecule has 1 aliphatic carbocycles. The van der Waals surface area contributed by atoms with Gasteiger partial charge in [-0.05, 0) is 55.3 Å². The lowest BCUT2D eigenvalue weighted by molar-refractivity contribution is -0.139. The standard InChI is InChI=1S/C19H21F4N3O/c20-16-2-1-13(5-15(16)19(21,22)23)17-25-14(9-27-17)8-26-7-12-3-4-18(6-12,10-24)11-26/h1-2,5,9,12H,3-4,6-8,10-11,24H2. The van der Waals surface area contributed by atoms with Gasteiger partial charge in [0.2, 0.25) is 5.89 Å². The van der Waals surface area contributed by atoms with Crippen LogP contribution in [-0.4, -0.2) is 29.5 Å². The van der Waals surface area contributed by atoms with Gasteiger partial charge in [-0.15, -0.1) is 0 Å². The number of alkyl halides is 3. The first-order valence-corrected chi connectivity index (χ1v) is 9.02. The summed E-state index contributed by atoms with van der Waals surface area (Å²) in [7, 11) is 0. The molecule has 146 valence electrons. The van der Waals surface area contributed by atoms with Gasteiger partial charge in [0.1, 0.15) is 12.1 Å². The minimum absolute atomic E-state index is 0.0593. The number of rotatable bonds is 4. The molecule has 2 unspecified atom stereocenters. The third kappa shape index (κ3) is 3.60. The smallest absolute Gasteiger partial charge is 0.419 e. The van der Waals surface area contributed by atoms with Gasteiger partial charge in [0.25, 0.3) is 0 Å². The molecule has 2 atom stereocenters. The Labute approximate surface area is 154 Å². The van der Waals surface area contributed by atoms with E-state index in [1.54, 1.807) is 0 Å². The molecule has 27 heavy (non-hydrogen) atoms. The van der Waals surface area contributed by atoms with Crippen LogP contribution in [0.1, 0.15) is 30.5 Å². The summed E-state index contributed by atoms with van der Waals surface area (Å²) < 4.78 is 57.5. The minimum Gasteiger partial charge on any atom is -0.444 e. The van der Waals surface area contributed by atoms with Crippen molar-refractivity contribution in [3.05, 3.63) is 41.5 Å². The second-order valence-corrected chi connectivity index (χ2v) is 7.82. The molecule has 1 aromatic heterocycles. The minimum atomic E-state index is -4.76. The lowest BCUT2D eigenvalue weighted by atomic mass is 9.82. The highest BCUT2D eigenvalue weighted by atomic mass is 19.4. The number of nitrogens with zero attached hydrogens (tertiary/aromatic N) is 2. The SMILES string of the molecule is NCC12CCC(CN(Cc3coc(-c4ccc(F)c(C(F)(F)F)c4)n3)C1)C2. The van der Waals surface area contributed by atoms with Gasteiger partial charge in [0.15, 0.2) is 0 Å². The molecule has 2 heterocycles. The maximum Gasteiger partial charge on any atom is 0.419 e. The fraction of sp³-hybridized carbons (Fsp3) is 0.526. The molecule has 1 aromatic carbocycles. The number of likely N-dealkylation sites (tertiary alicyclic amines) is 1. The summed E-state index contributed by atoms with van der Waals surface area (Å²) >= 11 is 0. The van der Waals surface area contributed by atoms with Crippen molar-refractivity contribution in [1.29, 1.82) is 0 Å². The lowest BCUT2D eigenvalue weighted by Gasteiger charge is -2.39. The molecule has 2 fully saturated rings. The van der Waals surface area contributed by atoms with Crippen molar-refractivity contribution in [1.82, 2.24) is 9.88 Å². The Kier molecular flexibility index (Phi) is 4.50. The molecule has 4 nitrogen and oxygen atoms in total. The van der Waals surface area contributed by atoms with Gasteiger partial charge in [-0.3, -0.25) is 4.90 Å². The second-order valence-electron chi connectivity index (χ2n) is 7.82. The third-order valence-corrected chi connectivity index (χ3v) is 5.77. The number of fused-ring (bicyclic) bond motifs is 2. The summed E-state index contributed by atoms with van der Waals surface area (Å²) in [6, 6.07) is 2.76. The maximum absolute atomic E-state index is 13.5. The van der Waals surface area contributed by atoms with Gasteiger partial charge in [0, 0.05) is 25.2 Å². The van der Waals surface area contributed by atoms with Crippen molar-refractivity contribution in [3.8, 4) is 11.5 Å². The predicted molar refractivity (Wildman–Crippen MR) is 91.0 cm³/mol. The number of oxazole rings is 1. The zero-order chi connectivity index (χ0) is 19.2. The summed E-state index contributed by atoms with van der Waals surface area (Å²) in [4.78, 5) is 6.61. The highest BCUT2D eigenvalue weighted by Crippen LogP contribution is 2.46. The van der Waals surface area contributed by atoms with Crippen molar-refractivity contribution in [2.24, 2.45) is 17.1 Å². The van der Waals surface area contributed by atoms with Gasteiger partial charge in [-0.1, -0.05) is 0 Å². The molecule has 1 aliphatic heterocycles. The van der Waals surface area contributed by atoms with Gasteiger partial charge in [-0.2, -0.15) is 13.2 Å². The number of benzene rings is 1. The molecular formula is C19H21F4N3O. The number of piperidine rings is 1. The van der Waals surface area contributed by atoms with Crippen LogP contribution < -0.4 is 5.73 Å². The quantitative estimate of drug-likeness (QED) is 0.809. The van der Waals surface area contributed by atoms with Crippen LogP contribution in [0.15, 0.2) is 28.9 Å². The van der Waals surface area contributed by atoms with Crippen molar-refractivity contribution in [2.45, 2.75) is 32.0 Å². The van der Waals surface area contributed by atoms with Crippen molar-refractivity contribution in [3.63, 3.8) is 0 Å². The first kappa shape index (κ1) is 18.4. The number of aromatic nitrogens is 1. The van der Waals surface area contributed by atoms with Crippen LogP contribution in [-0.2, 0) is 12.7 Å². The summed E-state index contributed by atoms with van der Waals surface area (Å²) in [6.07, 6.45) is 0.189. The molecule has 1 saturated carbocycles. The van der Waals surface area contributed by atoms with Gasteiger partial charge >= 0.3 is 6.18 Å². The molecule has 2 N–H and O–H groups in total. The monoisotopic (exact) mass is 383 g/mol. The Balaban J connectivity index is 1.51. The molecular weight excluding hydrogens is 362 g/mol. The first-order chi connectivity index (χ1) is 12.8. The Hall–Kier alpha value is -1.93. The summed E-state index contributed by atoms with van der Waals surface area (Å²) in [5.74, 6) is -0.613. The van der Waals surface area contributed by atoms with Crippen molar-refractivity contribution >= 4 is 0 Å². The molecule has 8 heteroatoms. The Morgan fingerprint density at radius 3 is 2.89 bits per heavy atom. The number of nitrogens with two attached hydrogens (primary N) is 1. The fourth-order valence-electron chi connectivity index (χ4n) is 4.52. The van der Waals surface area contributed by atoms with Crippen LogP contribution in [0.5, 0.6) is 0 Å². The zero-order valence-corrected chi connectivity index (χ0v) is 14.7. The highest BCUT2D eigenvalue weighted by Gasteiger charge is 2.44. The molecule has 0 spiro atoms. The number of halogens is 4. The predicted octanol–water partition coefficient (Wildman–Crippen LogP) is 4.06. The van der Waals surface area contributed by atoms with E-state index in [0.29, 0.717) is 24.7 Å². The fourth-order valence-corrected chi connectivity index (χ4v) is 4.52. The average molecular weight is 383 g/mol. The van der Waals surface area contributed by atoms with E-state index in [0.717, 1.165) is 31.6 Å². The molecule has 1 saturated heterocycles. The van der Waals surface area contributed by atoms with Crippen LogP contribution in [0, 0.1) is 17.2 Å². The van der Waals surface area contributed by atoms with Crippen molar-refractivity contribution in [2.75, 3.05) is 19.6 Å². The van der Waals surface area contributed by atoms with E-state index >= 15 is 0 Å². The summed E-state index contributed by atoms with van der Waals surface area (Å²) in [5, 5.41) is 0. The van der Waals surface area contributed by atoms with Gasteiger partial charge in [-0.25, -0.2) is 9.37 Å². The van der Waals surface area contributed by atoms with Gasteiger partial charge < -0.3 is 10.2 Å². The van der Waals surface area contributed by atoms with Crippen molar-refractivity contribution < 1.29 is 22.0 Å². The lowest BCUT2D eigenvalue weighted by Crippen LogP contribution is -2.45. The summed E-state index contributed by atoms with van der Waals surface area (Å²) in [6.45, 7) is 3.10. The van der Waals surface area contributed by atoms with Crippen LogP contribution in [0.4, 0.5) is 17.6 Å². The third-order valence-electron chi connectivity index (χ3n) is 5.77. The molecule has 0 radical (unpaired) electrons. The Bertz CT molecular complexity index is 835. The normalized spacial score (nSPS) is 25.9. The van der Waals surface area contributed by atoms with E-state index in [2.05, 4.69) is 9.88 Å². The number of hydrogen-bond acceptors (Lipinski definition) is 4. The number of hydrogen-bond donors (Lipinski definition) is 1. The summed E-state index contributed by atoms with van der Waals surface area (Å²) in [5.41, 5.74) is 5.60. The molecule has 2 bridgehead atoms. The highest BCUT2D eigenvalue weighted by molar-refractivity contribution is 5.55. The van der Waals surface area contributed by atoms with E-state index in [1.807, 2.05) is 0 Å². The van der Waals surface area contributed by atoms with Gasteiger partial charge in [0.05, 0.1) is 11.3 Å². The van der Waals surface area contributed by atoms with E-state index in [9.17, 15) is 17.6 Å². The second kappa shape index (κ2) is 6.60. The molecule has 2 aliphatic rings. The van der Waals surface area contributed by atoms with E-state index in [-0.39, 0.29) is 16.9 Å². The Morgan fingerprint density at radius 2 is 2.15 bits per heavy atom. The first-order valence-electron chi connectivity index (χ1n) is 9.02. The van der Waals surface area contributed by atoms with E-state index in [4.69, 9.17) is 10.2 Å². The van der Waals surface area contributed by atoms with Crippen LogP contribution >= 0.6 is 0 Å². The van der Waals surface area contributed by atoms with E-state index < -0.39 is 17.6 Å². The molecule has 2 aromatic rings. The largest absolute Gasteiger partial charge is 0.444 e. The molecule has 0 amide bonds. The molecule has 4 rings (SSSR count). The zero-order valence-electron chi connectivity index (χ0n) is 14.7. The van der Waals surface area contributed by atoms with Crippen LogP contribution in [0.25, 0.3) is 11.5 Å². The maximum atomic E-state index is 13.5. The topological polar surface area (TPSA) is 55.3 Å². The van der Waals surface area contributed by atoms with Crippen LogP contribution in [0.3, 0.4) is 0 Å². The average Bonchev–Trinajstić information content (AvgIpc) is 3.19. The van der Waals surface area contributed by atoms with E-state index in [1.165, 1.54) is 25.2 Å².